The highest BCUT2D eigenvalue weighted by Gasteiger charge is 1.94. The standard InChI is InChI=1S/C11H9OS/c1-2-5-10(6-3-1)9-12-11-7-4-8-13-11/h1-6,8H,9H2. The maximum atomic E-state index is 5.50. The van der Waals surface area contributed by atoms with Gasteiger partial charge in [-0.3, -0.25) is 0 Å². The highest BCUT2D eigenvalue weighted by molar-refractivity contribution is 7.11. The number of thiophene rings is 1. The number of ether oxygens (including phenoxy) is 1. The molecule has 0 unspecified atom stereocenters. The van der Waals surface area contributed by atoms with E-state index in [-0.39, 0.29) is 0 Å². The molecule has 2 rings (SSSR count). The van der Waals surface area contributed by atoms with E-state index < -0.39 is 0 Å². The number of hydrogen-bond donors (Lipinski definition) is 0. The molecule has 0 spiro atoms. The van der Waals surface area contributed by atoms with Crippen LogP contribution in [0.15, 0.2) is 41.8 Å². The van der Waals surface area contributed by atoms with E-state index in [2.05, 4.69) is 6.07 Å². The minimum absolute atomic E-state index is 0.623. The lowest BCUT2D eigenvalue weighted by Gasteiger charge is -2.01. The predicted octanol–water partition coefficient (Wildman–Crippen LogP) is 3.13. The van der Waals surface area contributed by atoms with Crippen molar-refractivity contribution in [2.45, 2.75) is 6.61 Å². The Kier molecular flexibility index (Phi) is 2.62. The van der Waals surface area contributed by atoms with Crippen LogP contribution in [0.25, 0.3) is 0 Å². The van der Waals surface area contributed by atoms with E-state index in [1.807, 2.05) is 41.8 Å². The Morgan fingerprint density at radius 1 is 1.23 bits per heavy atom. The molecule has 0 aliphatic rings. The maximum absolute atomic E-state index is 5.50. The largest absolute Gasteiger partial charge is 0.479 e. The number of hydrogen-bond acceptors (Lipinski definition) is 2. The number of benzene rings is 1. The van der Waals surface area contributed by atoms with E-state index in [4.69, 9.17) is 4.74 Å². The van der Waals surface area contributed by atoms with Crippen LogP contribution in [0.4, 0.5) is 0 Å². The molecule has 1 heterocycles. The summed E-state index contributed by atoms with van der Waals surface area (Å²) in [5.74, 6) is 0. The molecule has 0 amide bonds. The molecule has 65 valence electrons. The van der Waals surface area contributed by atoms with E-state index in [0.29, 0.717) is 6.61 Å². The number of rotatable bonds is 3. The zero-order valence-electron chi connectivity index (χ0n) is 7.07. The lowest BCUT2D eigenvalue weighted by Crippen LogP contribution is -1.92. The van der Waals surface area contributed by atoms with Crippen LogP contribution in [0.2, 0.25) is 0 Å². The molecular weight excluding hydrogens is 180 g/mol. The molecule has 0 saturated carbocycles. The van der Waals surface area contributed by atoms with Crippen LogP contribution in [0.3, 0.4) is 0 Å². The summed E-state index contributed by atoms with van der Waals surface area (Å²) in [5.41, 5.74) is 1.18. The molecule has 0 bridgehead atoms. The van der Waals surface area contributed by atoms with Gasteiger partial charge < -0.3 is 4.74 Å². The zero-order chi connectivity index (χ0) is 8.93. The Morgan fingerprint density at radius 3 is 2.77 bits per heavy atom. The fourth-order valence-corrected chi connectivity index (χ4v) is 1.55. The van der Waals surface area contributed by atoms with Crippen LogP contribution in [0.5, 0.6) is 5.06 Å². The first-order valence-electron chi connectivity index (χ1n) is 4.07. The fraction of sp³-hybridized carbons (Fsp3) is 0.0909. The van der Waals surface area contributed by atoms with Crippen molar-refractivity contribution in [2.75, 3.05) is 0 Å². The van der Waals surface area contributed by atoms with Crippen molar-refractivity contribution >= 4 is 11.3 Å². The van der Waals surface area contributed by atoms with Crippen molar-refractivity contribution in [3.8, 4) is 5.06 Å². The highest BCUT2D eigenvalue weighted by Crippen LogP contribution is 2.18. The molecule has 2 heteroatoms. The smallest absolute Gasteiger partial charge is 0.182 e. The molecule has 0 atom stereocenters. The van der Waals surface area contributed by atoms with Gasteiger partial charge in [-0.25, -0.2) is 0 Å². The summed E-state index contributed by atoms with van der Waals surface area (Å²) in [6, 6.07) is 15.0. The third kappa shape index (κ3) is 2.33. The molecule has 1 radical (unpaired) electrons. The second kappa shape index (κ2) is 4.10. The van der Waals surface area contributed by atoms with Gasteiger partial charge in [-0.2, -0.15) is 0 Å². The van der Waals surface area contributed by atoms with Crippen LogP contribution in [-0.4, -0.2) is 0 Å². The van der Waals surface area contributed by atoms with E-state index in [0.717, 1.165) is 5.06 Å². The van der Waals surface area contributed by atoms with Gasteiger partial charge in [-0.05, 0) is 17.0 Å². The monoisotopic (exact) mass is 189 g/mol. The Hall–Kier alpha value is -1.28. The van der Waals surface area contributed by atoms with E-state index in [1.165, 1.54) is 5.56 Å². The summed E-state index contributed by atoms with van der Waals surface area (Å²) in [5, 5.41) is 2.81. The minimum atomic E-state index is 0.623. The van der Waals surface area contributed by atoms with Gasteiger partial charge in [0.05, 0.1) is 0 Å². The predicted molar refractivity (Wildman–Crippen MR) is 53.9 cm³/mol. The molecule has 1 aromatic carbocycles. The first-order chi connectivity index (χ1) is 6.45. The van der Waals surface area contributed by atoms with Crippen LogP contribution in [0.1, 0.15) is 5.56 Å². The van der Waals surface area contributed by atoms with Gasteiger partial charge in [0.15, 0.2) is 5.06 Å². The van der Waals surface area contributed by atoms with Crippen molar-refractivity contribution in [3.63, 3.8) is 0 Å². The van der Waals surface area contributed by atoms with Crippen molar-refractivity contribution in [2.24, 2.45) is 0 Å². The molecule has 0 fully saturated rings. The highest BCUT2D eigenvalue weighted by atomic mass is 32.1. The third-order valence-corrected chi connectivity index (χ3v) is 2.38. The first kappa shape index (κ1) is 8.32. The second-order valence-corrected chi connectivity index (χ2v) is 3.51. The van der Waals surface area contributed by atoms with Crippen molar-refractivity contribution in [3.05, 3.63) is 53.4 Å². The lowest BCUT2D eigenvalue weighted by atomic mass is 10.2. The zero-order valence-corrected chi connectivity index (χ0v) is 7.88. The summed E-state index contributed by atoms with van der Waals surface area (Å²) in [6.07, 6.45) is 0. The van der Waals surface area contributed by atoms with Gasteiger partial charge in [0.25, 0.3) is 0 Å². The SMILES string of the molecule is [c]1ccsc1OCc1ccccc1. The Balaban J connectivity index is 1.94. The maximum Gasteiger partial charge on any atom is 0.182 e. The van der Waals surface area contributed by atoms with Gasteiger partial charge in [-0.1, -0.05) is 30.3 Å². The molecule has 0 saturated heterocycles. The molecule has 13 heavy (non-hydrogen) atoms. The average Bonchev–Trinajstić information content (AvgIpc) is 2.69. The van der Waals surface area contributed by atoms with Gasteiger partial charge in [0.2, 0.25) is 0 Å². The normalized spacial score (nSPS) is 9.85. The Bertz CT molecular complexity index is 340. The second-order valence-electron chi connectivity index (χ2n) is 2.63. The molecule has 1 nitrogen and oxygen atoms in total. The van der Waals surface area contributed by atoms with Gasteiger partial charge >= 0.3 is 0 Å². The third-order valence-electron chi connectivity index (χ3n) is 1.66. The molecule has 0 N–H and O–H groups in total. The summed E-state index contributed by atoms with van der Waals surface area (Å²) in [7, 11) is 0. The van der Waals surface area contributed by atoms with Crippen LogP contribution >= 0.6 is 11.3 Å². The molecule has 2 aromatic rings. The van der Waals surface area contributed by atoms with Crippen LogP contribution < -0.4 is 4.74 Å². The van der Waals surface area contributed by atoms with Crippen molar-refractivity contribution < 1.29 is 4.74 Å². The van der Waals surface area contributed by atoms with Crippen molar-refractivity contribution in [1.82, 2.24) is 0 Å². The van der Waals surface area contributed by atoms with Gasteiger partial charge in [0, 0.05) is 6.07 Å². The van der Waals surface area contributed by atoms with E-state index in [1.54, 1.807) is 11.3 Å². The lowest BCUT2D eigenvalue weighted by molar-refractivity contribution is 0.315. The summed E-state index contributed by atoms with van der Waals surface area (Å²) < 4.78 is 5.50. The van der Waals surface area contributed by atoms with Crippen molar-refractivity contribution in [1.29, 1.82) is 0 Å². The Morgan fingerprint density at radius 2 is 2.08 bits per heavy atom. The van der Waals surface area contributed by atoms with E-state index >= 15 is 0 Å². The molecule has 1 aromatic heterocycles. The topological polar surface area (TPSA) is 9.23 Å². The summed E-state index contributed by atoms with van der Waals surface area (Å²) >= 11 is 1.56. The fourth-order valence-electron chi connectivity index (χ4n) is 1.03. The first-order valence-corrected chi connectivity index (χ1v) is 4.95. The summed E-state index contributed by atoms with van der Waals surface area (Å²) in [6.45, 7) is 0.623. The molecule has 0 aliphatic heterocycles. The minimum Gasteiger partial charge on any atom is -0.479 e. The van der Waals surface area contributed by atoms with Gasteiger partial charge in [0.1, 0.15) is 6.61 Å². The van der Waals surface area contributed by atoms with Crippen LogP contribution in [0, 0.1) is 6.07 Å². The summed E-state index contributed by atoms with van der Waals surface area (Å²) in [4.78, 5) is 0. The molecular formula is C11H9OS. The quantitative estimate of drug-likeness (QED) is 0.720. The van der Waals surface area contributed by atoms with Crippen LogP contribution in [-0.2, 0) is 6.61 Å². The van der Waals surface area contributed by atoms with Gasteiger partial charge in [-0.15, -0.1) is 11.3 Å². The molecule has 0 aliphatic carbocycles. The average molecular weight is 189 g/mol. The van der Waals surface area contributed by atoms with E-state index in [9.17, 15) is 0 Å². The Labute approximate surface area is 81.6 Å².